The molecule has 0 saturated carbocycles. The maximum absolute atomic E-state index is 11.3. The summed E-state index contributed by atoms with van der Waals surface area (Å²) in [5.41, 5.74) is 1.64. The Labute approximate surface area is 123 Å². The first kappa shape index (κ1) is 15.6. The zero-order valence-corrected chi connectivity index (χ0v) is 12.6. The number of methoxy groups -OCH3 is 3. The minimum atomic E-state index is -0.988. The molecule has 0 radical (unpaired) electrons. The maximum Gasteiger partial charge on any atom is 0.308 e. The van der Waals surface area contributed by atoms with Crippen molar-refractivity contribution in [2.45, 2.75) is 31.7 Å². The van der Waals surface area contributed by atoms with Crippen molar-refractivity contribution in [1.29, 1.82) is 0 Å². The number of benzene rings is 1. The molecule has 0 fully saturated rings. The number of rotatable bonds is 5. The lowest BCUT2D eigenvalue weighted by molar-refractivity contribution is -0.146. The Morgan fingerprint density at radius 2 is 2.05 bits per heavy atom. The second-order valence-electron chi connectivity index (χ2n) is 4.88. The van der Waals surface area contributed by atoms with E-state index in [0.717, 1.165) is 11.1 Å². The molecule has 1 aliphatic rings. The Bertz CT molecular complexity index is 527. The lowest BCUT2D eigenvalue weighted by Gasteiger charge is -2.18. The molecule has 1 N–H and O–H groups in total. The second kappa shape index (κ2) is 6.32. The molecule has 6 heteroatoms. The summed E-state index contributed by atoms with van der Waals surface area (Å²) >= 11 is 0. The van der Waals surface area contributed by atoms with Gasteiger partial charge in [0.25, 0.3) is 0 Å². The number of esters is 1. The lowest BCUT2D eigenvalue weighted by atomic mass is 9.97. The number of carbonyl (C=O) groups excluding carboxylic acids is 1. The number of hydrogen-bond donors (Lipinski definition) is 1. The molecule has 1 aliphatic heterocycles. The highest BCUT2D eigenvalue weighted by Crippen LogP contribution is 2.47. The summed E-state index contributed by atoms with van der Waals surface area (Å²) < 4.78 is 21.0. The van der Waals surface area contributed by atoms with Crippen LogP contribution in [0.3, 0.4) is 0 Å². The molecule has 0 aromatic heterocycles. The molecule has 1 aromatic carbocycles. The van der Waals surface area contributed by atoms with Crippen molar-refractivity contribution >= 4 is 5.97 Å². The zero-order chi connectivity index (χ0) is 15.6. The summed E-state index contributed by atoms with van der Waals surface area (Å²) in [5, 5.41) is 10.2. The molecule has 21 heavy (non-hydrogen) atoms. The standard InChI is InChI=1S/C15H20O6/c1-8-14-10(5-9(18-2)6-12(14)19-3)15(21-8)11(16)7-13(17)20-4/h5-6,8,11,15-16H,7H2,1-4H3/t8-,11+,15+/m0/s1. The Morgan fingerprint density at radius 3 is 2.62 bits per heavy atom. The van der Waals surface area contributed by atoms with E-state index in [4.69, 9.17) is 14.2 Å². The molecule has 3 atom stereocenters. The summed E-state index contributed by atoms with van der Waals surface area (Å²) in [6.45, 7) is 1.87. The van der Waals surface area contributed by atoms with Crippen molar-refractivity contribution in [1.82, 2.24) is 0 Å². The van der Waals surface area contributed by atoms with Crippen molar-refractivity contribution in [3.05, 3.63) is 23.3 Å². The van der Waals surface area contributed by atoms with E-state index in [1.165, 1.54) is 7.11 Å². The highest BCUT2D eigenvalue weighted by molar-refractivity contribution is 5.70. The third-order valence-electron chi connectivity index (χ3n) is 3.62. The van der Waals surface area contributed by atoms with Crippen molar-refractivity contribution in [3.8, 4) is 11.5 Å². The maximum atomic E-state index is 11.3. The first-order valence-electron chi connectivity index (χ1n) is 6.68. The summed E-state index contributed by atoms with van der Waals surface area (Å²) in [5.74, 6) is 0.769. The average molecular weight is 296 g/mol. The molecule has 0 bridgehead atoms. The van der Waals surface area contributed by atoms with Gasteiger partial charge in [0, 0.05) is 11.6 Å². The molecule has 0 amide bonds. The van der Waals surface area contributed by atoms with E-state index in [1.807, 2.05) is 6.92 Å². The predicted octanol–water partition coefficient (Wildman–Crippen LogP) is 1.76. The molecule has 2 rings (SSSR count). The largest absolute Gasteiger partial charge is 0.497 e. The van der Waals surface area contributed by atoms with E-state index in [0.29, 0.717) is 11.5 Å². The summed E-state index contributed by atoms with van der Waals surface area (Å²) in [4.78, 5) is 11.3. The van der Waals surface area contributed by atoms with Crippen LogP contribution in [0.25, 0.3) is 0 Å². The van der Waals surface area contributed by atoms with Crippen LogP contribution in [0.1, 0.15) is 36.7 Å². The number of ether oxygens (including phenoxy) is 4. The molecule has 1 aromatic rings. The quantitative estimate of drug-likeness (QED) is 0.835. The molecular formula is C15H20O6. The van der Waals surface area contributed by atoms with Gasteiger partial charge in [-0.05, 0) is 18.6 Å². The fraction of sp³-hybridized carbons (Fsp3) is 0.533. The molecule has 1 heterocycles. The number of aliphatic hydroxyl groups is 1. The number of hydrogen-bond acceptors (Lipinski definition) is 6. The molecule has 6 nitrogen and oxygen atoms in total. The van der Waals surface area contributed by atoms with Gasteiger partial charge in [-0.1, -0.05) is 0 Å². The van der Waals surface area contributed by atoms with Crippen molar-refractivity contribution in [2.24, 2.45) is 0 Å². The predicted molar refractivity (Wildman–Crippen MR) is 74.4 cm³/mol. The SMILES string of the molecule is COC(=O)C[C@@H](O)[C@@H]1O[C@@H](C)c2c(OC)cc(OC)cc21. The first-order valence-corrected chi connectivity index (χ1v) is 6.68. The van der Waals surface area contributed by atoms with Crippen LogP contribution in [-0.2, 0) is 14.3 Å². The minimum absolute atomic E-state index is 0.132. The van der Waals surface area contributed by atoms with Gasteiger partial charge in [0.05, 0.1) is 40.0 Å². The van der Waals surface area contributed by atoms with Crippen LogP contribution in [0.4, 0.5) is 0 Å². The number of aliphatic hydroxyl groups excluding tert-OH is 1. The average Bonchev–Trinajstić information content (AvgIpc) is 2.83. The van der Waals surface area contributed by atoms with E-state index in [1.54, 1.807) is 26.4 Å². The summed E-state index contributed by atoms with van der Waals surface area (Å²) in [7, 11) is 4.41. The zero-order valence-electron chi connectivity index (χ0n) is 12.6. The van der Waals surface area contributed by atoms with Crippen LogP contribution in [-0.4, -0.2) is 38.5 Å². The number of carbonyl (C=O) groups is 1. The van der Waals surface area contributed by atoms with Crippen LogP contribution in [0, 0.1) is 0 Å². The summed E-state index contributed by atoms with van der Waals surface area (Å²) in [6.07, 6.45) is -1.97. The van der Waals surface area contributed by atoms with Crippen molar-refractivity contribution < 1.29 is 28.8 Å². The first-order chi connectivity index (χ1) is 10.0. The monoisotopic (exact) mass is 296 g/mol. The van der Waals surface area contributed by atoms with Crippen LogP contribution in [0.15, 0.2) is 12.1 Å². The van der Waals surface area contributed by atoms with Crippen LogP contribution < -0.4 is 9.47 Å². The van der Waals surface area contributed by atoms with E-state index in [9.17, 15) is 9.90 Å². The second-order valence-corrected chi connectivity index (χ2v) is 4.88. The van der Waals surface area contributed by atoms with Gasteiger partial charge in [0.2, 0.25) is 0 Å². The van der Waals surface area contributed by atoms with E-state index in [2.05, 4.69) is 4.74 Å². The van der Waals surface area contributed by atoms with Gasteiger partial charge in [-0.2, -0.15) is 0 Å². The van der Waals surface area contributed by atoms with Gasteiger partial charge in [-0.15, -0.1) is 0 Å². The summed E-state index contributed by atoms with van der Waals surface area (Å²) in [6, 6.07) is 3.57. The van der Waals surface area contributed by atoms with Crippen LogP contribution >= 0.6 is 0 Å². The normalized spacial score (nSPS) is 21.6. The van der Waals surface area contributed by atoms with Gasteiger partial charge in [-0.25, -0.2) is 0 Å². The third-order valence-corrected chi connectivity index (χ3v) is 3.62. The molecule has 0 saturated heterocycles. The fourth-order valence-electron chi connectivity index (χ4n) is 2.60. The molecule has 0 aliphatic carbocycles. The van der Waals surface area contributed by atoms with Gasteiger partial charge in [0.1, 0.15) is 17.6 Å². The molecule has 116 valence electrons. The Morgan fingerprint density at radius 1 is 1.33 bits per heavy atom. The Kier molecular flexibility index (Phi) is 4.69. The van der Waals surface area contributed by atoms with Crippen molar-refractivity contribution in [3.63, 3.8) is 0 Å². The van der Waals surface area contributed by atoms with E-state index >= 15 is 0 Å². The Hall–Kier alpha value is -1.79. The van der Waals surface area contributed by atoms with Gasteiger partial charge in [0.15, 0.2) is 0 Å². The van der Waals surface area contributed by atoms with Crippen LogP contribution in [0.2, 0.25) is 0 Å². The molecular weight excluding hydrogens is 276 g/mol. The number of fused-ring (bicyclic) bond motifs is 1. The molecule has 0 spiro atoms. The van der Waals surface area contributed by atoms with E-state index in [-0.39, 0.29) is 12.5 Å². The minimum Gasteiger partial charge on any atom is -0.497 e. The van der Waals surface area contributed by atoms with Gasteiger partial charge in [-0.3, -0.25) is 4.79 Å². The highest BCUT2D eigenvalue weighted by atomic mass is 16.5. The smallest absolute Gasteiger partial charge is 0.308 e. The third kappa shape index (κ3) is 2.96. The van der Waals surface area contributed by atoms with E-state index < -0.39 is 18.2 Å². The topological polar surface area (TPSA) is 74.2 Å². The highest BCUT2D eigenvalue weighted by Gasteiger charge is 2.37. The fourth-order valence-corrected chi connectivity index (χ4v) is 2.60. The molecule has 0 unspecified atom stereocenters. The van der Waals surface area contributed by atoms with Gasteiger partial charge < -0.3 is 24.1 Å². The van der Waals surface area contributed by atoms with Crippen LogP contribution in [0.5, 0.6) is 11.5 Å². The van der Waals surface area contributed by atoms with Gasteiger partial charge >= 0.3 is 5.97 Å². The Balaban J connectivity index is 2.37. The lowest BCUT2D eigenvalue weighted by Crippen LogP contribution is -2.22. The van der Waals surface area contributed by atoms with Crippen molar-refractivity contribution in [2.75, 3.05) is 21.3 Å².